The van der Waals surface area contributed by atoms with Gasteiger partial charge in [0.2, 0.25) is 0 Å². The molecule has 0 amide bonds. The number of rotatable bonds is 4. The highest BCUT2D eigenvalue weighted by Gasteiger charge is 2.23. The number of halogens is 1. The van der Waals surface area contributed by atoms with Crippen molar-refractivity contribution in [2.24, 2.45) is 0 Å². The summed E-state index contributed by atoms with van der Waals surface area (Å²) in [7, 11) is 0. The number of thiophene rings is 1. The number of aromatic nitrogens is 4. The van der Waals surface area contributed by atoms with Gasteiger partial charge in [0, 0.05) is 42.2 Å². The molecule has 4 heterocycles. The standard InChI is InChI=1S/C21H18ClN5OS/c22-15-5-3-13(4-6-15)20-24-17-7-8-27(12-16(17)21(28)25-20)11-14-10-23-26-19(14)18-2-1-9-29-18/h1-6,9-10H,7-8,11-12H2,(H,23,26)(H,24,25,28). The second-order valence-electron chi connectivity index (χ2n) is 7.05. The Morgan fingerprint density at radius 3 is 2.86 bits per heavy atom. The van der Waals surface area contributed by atoms with Crippen LogP contribution in [0.5, 0.6) is 0 Å². The van der Waals surface area contributed by atoms with Crippen LogP contribution in [0.1, 0.15) is 16.8 Å². The van der Waals surface area contributed by atoms with Gasteiger partial charge in [0.1, 0.15) is 5.82 Å². The maximum Gasteiger partial charge on any atom is 0.255 e. The van der Waals surface area contributed by atoms with E-state index in [1.54, 1.807) is 23.5 Å². The Kier molecular flexibility index (Phi) is 4.79. The third-order valence-corrected chi connectivity index (χ3v) is 6.28. The van der Waals surface area contributed by atoms with Gasteiger partial charge in [-0.1, -0.05) is 17.7 Å². The molecule has 0 spiro atoms. The van der Waals surface area contributed by atoms with Gasteiger partial charge in [0.05, 0.1) is 28.0 Å². The first-order valence-electron chi connectivity index (χ1n) is 9.34. The quantitative estimate of drug-likeness (QED) is 0.518. The van der Waals surface area contributed by atoms with E-state index in [-0.39, 0.29) is 5.56 Å². The van der Waals surface area contributed by atoms with Gasteiger partial charge in [-0.2, -0.15) is 5.10 Å². The van der Waals surface area contributed by atoms with E-state index < -0.39 is 0 Å². The lowest BCUT2D eigenvalue weighted by Gasteiger charge is -2.27. The van der Waals surface area contributed by atoms with Crippen molar-refractivity contribution in [2.45, 2.75) is 19.5 Å². The van der Waals surface area contributed by atoms with E-state index >= 15 is 0 Å². The Labute approximate surface area is 176 Å². The molecule has 0 saturated heterocycles. The van der Waals surface area contributed by atoms with Crippen molar-refractivity contribution in [1.82, 2.24) is 25.1 Å². The number of hydrogen-bond acceptors (Lipinski definition) is 5. The second-order valence-corrected chi connectivity index (χ2v) is 8.44. The van der Waals surface area contributed by atoms with Crippen LogP contribution in [0.15, 0.2) is 52.8 Å². The molecule has 8 heteroatoms. The van der Waals surface area contributed by atoms with E-state index in [4.69, 9.17) is 16.6 Å². The molecule has 1 aliphatic heterocycles. The van der Waals surface area contributed by atoms with Crippen molar-refractivity contribution in [3.8, 4) is 22.0 Å². The molecule has 29 heavy (non-hydrogen) atoms. The van der Waals surface area contributed by atoms with Crippen molar-refractivity contribution in [3.05, 3.63) is 80.2 Å². The van der Waals surface area contributed by atoms with Gasteiger partial charge < -0.3 is 4.98 Å². The van der Waals surface area contributed by atoms with E-state index in [1.807, 2.05) is 24.4 Å². The molecule has 1 aliphatic rings. The third-order valence-electron chi connectivity index (χ3n) is 5.14. The van der Waals surface area contributed by atoms with E-state index in [9.17, 15) is 4.79 Å². The summed E-state index contributed by atoms with van der Waals surface area (Å²) in [6, 6.07) is 11.5. The van der Waals surface area contributed by atoms with Gasteiger partial charge in [-0.05, 0) is 35.7 Å². The van der Waals surface area contributed by atoms with Crippen LogP contribution in [-0.2, 0) is 19.5 Å². The van der Waals surface area contributed by atoms with Gasteiger partial charge in [0.25, 0.3) is 5.56 Å². The van der Waals surface area contributed by atoms with Crippen LogP contribution in [0.25, 0.3) is 22.0 Å². The van der Waals surface area contributed by atoms with Crippen LogP contribution in [0, 0.1) is 0 Å². The molecule has 0 unspecified atom stereocenters. The van der Waals surface area contributed by atoms with E-state index in [2.05, 4.69) is 31.5 Å². The van der Waals surface area contributed by atoms with Crippen LogP contribution < -0.4 is 5.56 Å². The fourth-order valence-corrected chi connectivity index (χ4v) is 4.55. The molecular formula is C21H18ClN5OS. The Hall–Kier alpha value is -2.74. The van der Waals surface area contributed by atoms with Crippen molar-refractivity contribution in [3.63, 3.8) is 0 Å². The summed E-state index contributed by atoms with van der Waals surface area (Å²) in [6.45, 7) is 2.16. The van der Waals surface area contributed by atoms with Gasteiger partial charge in [-0.15, -0.1) is 11.3 Å². The zero-order valence-electron chi connectivity index (χ0n) is 15.5. The molecule has 0 bridgehead atoms. The average Bonchev–Trinajstić information content (AvgIpc) is 3.40. The molecule has 5 rings (SSSR count). The first-order valence-corrected chi connectivity index (χ1v) is 10.6. The number of benzene rings is 1. The highest BCUT2D eigenvalue weighted by atomic mass is 35.5. The van der Waals surface area contributed by atoms with Crippen molar-refractivity contribution in [2.75, 3.05) is 6.54 Å². The molecular weight excluding hydrogens is 406 g/mol. The number of aromatic amines is 2. The highest BCUT2D eigenvalue weighted by Crippen LogP contribution is 2.28. The normalized spacial score (nSPS) is 14.1. The minimum absolute atomic E-state index is 0.0738. The van der Waals surface area contributed by atoms with Crippen LogP contribution in [0.3, 0.4) is 0 Å². The maximum atomic E-state index is 12.8. The summed E-state index contributed by atoms with van der Waals surface area (Å²) in [6.07, 6.45) is 2.61. The lowest BCUT2D eigenvalue weighted by atomic mass is 10.1. The SMILES string of the molecule is O=c1[nH]c(-c2ccc(Cl)cc2)nc2c1CN(Cc1cn[nH]c1-c1cccs1)CC2. The maximum absolute atomic E-state index is 12.8. The third kappa shape index (κ3) is 3.64. The first-order chi connectivity index (χ1) is 14.2. The van der Waals surface area contributed by atoms with Crippen LogP contribution in [-0.4, -0.2) is 31.6 Å². The fraction of sp³-hybridized carbons (Fsp3) is 0.190. The molecule has 1 aromatic carbocycles. The van der Waals surface area contributed by atoms with Crippen molar-refractivity contribution < 1.29 is 0 Å². The molecule has 6 nitrogen and oxygen atoms in total. The molecule has 0 saturated carbocycles. The molecule has 2 N–H and O–H groups in total. The number of H-pyrrole nitrogens is 2. The van der Waals surface area contributed by atoms with Crippen LogP contribution in [0.4, 0.5) is 0 Å². The summed E-state index contributed by atoms with van der Waals surface area (Å²) < 4.78 is 0. The molecule has 146 valence electrons. The highest BCUT2D eigenvalue weighted by molar-refractivity contribution is 7.13. The van der Waals surface area contributed by atoms with Gasteiger partial charge in [0.15, 0.2) is 0 Å². The minimum atomic E-state index is -0.0738. The zero-order chi connectivity index (χ0) is 19.8. The Bertz CT molecular complexity index is 1200. The minimum Gasteiger partial charge on any atom is -0.306 e. The summed E-state index contributed by atoms with van der Waals surface area (Å²) >= 11 is 7.65. The summed E-state index contributed by atoms with van der Waals surface area (Å²) in [5, 5.41) is 10.0. The van der Waals surface area contributed by atoms with E-state index in [0.29, 0.717) is 17.4 Å². The second kappa shape index (κ2) is 7.59. The predicted molar refractivity (Wildman–Crippen MR) is 115 cm³/mol. The number of hydrogen-bond donors (Lipinski definition) is 2. The van der Waals surface area contributed by atoms with Crippen LogP contribution >= 0.6 is 22.9 Å². The Balaban J connectivity index is 1.39. The molecule has 3 aromatic heterocycles. The van der Waals surface area contributed by atoms with E-state index in [0.717, 1.165) is 47.6 Å². The largest absolute Gasteiger partial charge is 0.306 e. The average molecular weight is 424 g/mol. The number of nitrogens with one attached hydrogen (secondary N) is 2. The summed E-state index contributed by atoms with van der Waals surface area (Å²) in [4.78, 5) is 23.8. The molecule has 0 atom stereocenters. The summed E-state index contributed by atoms with van der Waals surface area (Å²) in [5.41, 5.74) is 4.59. The lowest BCUT2D eigenvalue weighted by Crippen LogP contribution is -2.35. The molecule has 4 aromatic rings. The lowest BCUT2D eigenvalue weighted by molar-refractivity contribution is 0.242. The monoisotopic (exact) mass is 423 g/mol. The molecule has 0 aliphatic carbocycles. The van der Waals surface area contributed by atoms with Gasteiger partial charge in [-0.25, -0.2) is 4.98 Å². The molecule has 0 fully saturated rings. The molecule has 0 radical (unpaired) electrons. The Morgan fingerprint density at radius 2 is 2.07 bits per heavy atom. The first kappa shape index (κ1) is 18.3. The smallest absolute Gasteiger partial charge is 0.255 e. The number of fused-ring (bicyclic) bond motifs is 1. The van der Waals surface area contributed by atoms with Gasteiger partial charge in [-0.3, -0.25) is 14.8 Å². The summed E-state index contributed by atoms with van der Waals surface area (Å²) in [5.74, 6) is 0.591. The fourth-order valence-electron chi connectivity index (χ4n) is 3.67. The Morgan fingerprint density at radius 1 is 1.21 bits per heavy atom. The van der Waals surface area contributed by atoms with Crippen LogP contribution in [0.2, 0.25) is 5.02 Å². The van der Waals surface area contributed by atoms with Crippen molar-refractivity contribution >= 4 is 22.9 Å². The zero-order valence-corrected chi connectivity index (χ0v) is 17.1. The topological polar surface area (TPSA) is 77.7 Å². The van der Waals surface area contributed by atoms with Crippen molar-refractivity contribution in [1.29, 1.82) is 0 Å². The van der Waals surface area contributed by atoms with E-state index in [1.165, 1.54) is 4.88 Å². The predicted octanol–water partition coefficient (Wildman–Crippen LogP) is 4.10. The number of nitrogens with zero attached hydrogens (tertiary/aromatic N) is 3. The van der Waals surface area contributed by atoms with Gasteiger partial charge >= 0.3 is 0 Å².